The molecular weight excluding hydrogens is 972 g/mol. The van der Waals surface area contributed by atoms with E-state index in [-0.39, 0.29) is 54.5 Å². The van der Waals surface area contributed by atoms with E-state index in [2.05, 4.69) is 72.6 Å². The highest BCUT2D eigenvalue weighted by Gasteiger charge is 2.39. The third-order valence-corrected chi connectivity index (χ3v) is 14.8. The number of hydrogen-bond donors (Lipinski definition) is 5. The summed E-state index contributed by atoms with van der Waals surface area (Å²) >= 11 is 2.07. The molecule has 8 rings (SSSR count). The summed E-state index contributed by atoms with van der Waals surface area (Å²) in [5.74, 6) is 0.292. The number of halogens is 3. The molecule has 5 aliphatic heterocycles. The molecule has 0 saturated carbocycles. The van der Waals surface area contributed by atoms with Crippen molar-refractivity contribution in [3.05, 3.63) is 111 Å². The lowest BCUT2D eigenvalue weighted by Gasteiger charge is -2.43. The molecule has 6 N–H and O–H groups in total. The van der Waals surface area contributed by atoms with Gasteiger partial charge in [-0.05, 0) is 85.7 Å². The summed E-state index contributed by atoms with van der Waals surface area (Å²) in [6.07, 6.45) is 4.42. The molecule has 0 bridgehead atoms. The number of aryl methyl sites for hydroxylation is 1. The Bertz CT molecular complexity index is 2360. The molecule has 360 valence electrons. The number of ether oxygens (including phenoxy) is 1. The number of hydrogen-bond acceptors (Lipinski definition) is 11. The Kier molecular flexibility index (Phi) is 15.7. The molecule has 3 aromatic rings. The maximum Gasteiger partial charge on any atom is 0.264 e. The number of carbonyl (C=O) groups is 3. The Morgan fingerprint density at radius 3 is 2.43 bits per heavy atom. The van der Waals surface area contributed by atoms with Gasteiger partial charge in [-0.3, -0.25) is 29.8 Å². The van der Waals surface area contributed by atoms with Gasteiger partial charge in [-0.25, -0.2) is 13.8 Å². The van der Waals surface area contributed by atoms with Gasteiger partial charge in [0.1, 0.15) is 11.9 Å². The highest BCUT2D eigenvalue weighted by molar-refractivity contribution is 14.1. The van der Waals surface area contributed by atoms with Crippen LogP contribution in [0.1, 0.15) is 95.6 Å². The molecule has 0 radical (unpaired) electrons. The van der Waals surface area contributed by atoms with E-state index in [9.17, 15) is 28.4 Å². The topological polar surface area (TPSA) is 159 Å². The lowest BCUT2D eigenvalue weighted by molar-refractivity contribution is -0.174. The van der Waals surface area contributed by atoms with Crippen molar-refractivity contribution in [2.45, 2.75) is 100 Å². The van der Waals surface area contributed by atoms with E-state index in [4.69, 9.17) is 10.5 Å². The third kappa shape index (κ3) is 10.9. The molecule has 3 unspecified atom stereocenters. The monoisotopic (exact) mass is 1040 g/mol. The number of nitrogens with zero attached hydrogens (tertiary/aromatic N) is 5. The second-order valence-corrected chi connectivity index (χ2v) is 19.7. The van der Waals surface area contributed by atoms with Crippen LogP contribution < -0.4 is 31.3 Å². The second kappa shape index (κ2) is 21.6. The first kappa shape index (κ1) is 48.6. The van der Waals surface area contributed by atoms with Gasteiger partial charge < -0.3 is 35.8 Å². The van der Waals surface area contributed by atoms with Crippen LogP contribution in [0.4, 0.5) is 14.5 Å². The maximum absolute atomic E-state index is 14.8. The number of nitrogens with two attached hydrogens (primary N) is 1. The maximum atomic E-state index is 14.8. The molecule has 0 aliphatic carbocycles. The number of carbonyl (C=O) groups excluding carboxylic acids is 3. The second-order valence-electron chi connectivity index (χ2n) is 18.3. The zero-order valence-corrected chi connectivity index (χ0v) is 40.9. The molecule has 5 aliphatic rings. The molecule has 3 atom stereocenters. The fraction of sp³-hybridized carbons (Fsp3) is 0.500. The molecule has 3 aromatic carbocycles. The van der Waals surface area contributed by atoms with E-state index in [1.54, 1.807) is 31.1 Å². The number of fused-ring (bicyclic) bond motifs is 2. The predicted octanol–water partition coefficient (Wildman–Crippen LogP) is 5.92. The van der Waals surface area contributed by atoms with Crippen molar-refractivity contribution in [1.29, 1.82) is 0 Å². The van der Waals surface area contributed by atoms with Gasteiger partial charge in [0.25, 0.3) is 12.3 Å². The first-order valence-electron chi connectivity index (χ1n) is 23.6. The van der Waals surface area contributed by atoms with Crippen LogP contribution >= 0.6 is 22.6 Å². The Labute approximate surface area is 406 Å². The minimum absolute atomic E-state index is 0.0163. The van der Waals surface area contributed by atoms with E-state index in [1.807, 2.05) is 36.2 Å². The van der Waals surface area contributed by atoms with Crippen molar-refractivity contribution in [3.8, 4) is 5.75 Å². The third-order valence-electron chi connectivity index (χ3n) is 14.1. The van der Waals surface area contributed by atoms with E-state index in [0.717, 1.165) is 84.0 Å². The molecule has 3 amide bonds. The van der Waals surface area contributed by atoms with Crippen molar-refractivity contribution in [2.75, 3.05) is 64.9 Å². The molecule has 2 fully saturated rings. The zero-order valence-electron chi connectivity index (χ0n) is 38.7. The van der Waals surface area contributed by atoms with Crippen molar-refractivity contribution < 1.29 is 33.1 Å². The van der Waals surface area contributed by atoms with Crippen molar-refractivity contribution in [1.82, 2.24) is 35.7 Å². The molecular formula is C50H64F2IN9O5. The van der Waals surface area contributed by atoms with Crippen molar-refractivity contribution in [3.63, 3.8) is 0 Å². The van der Waals surface area contributed by atoms with Crippen LogP contribution in [0.5, 0.6) is 5.75 Å². The quantitative estimate of drug-likeness (QED) is 0.0502. The largest absolute Gasteiger partial charge is 0.493 e. The smallest absolute Gasteiger partial charge is 0.264 e. The number of likely N-dealkylation sites (tertiary alicyclic amines) is 1. The van der Waals surface area contributed by atoms with Crippen LogP contribution in [-0.4, -0.2) is 125 Å². The molecule has 2 saturated heterocycles. The standard InChI is InChI=1S/C50H64F2IN9O5/c1-31(63)59-22-17-43(42(29-59)49(56-3)60-19-5-6-34-24-38(40(26-55-2)48(53)54)39(47(51)52)25-44(34)60)57-35-15-20-58(21-16-35)27-33-11-9-32(10-12-33)18-23-67-45-8-4-7-37-41(45)30-61(50(37)65)36-13-14-46(64)62(66)28-36/h4,7-12,24-26,35-36,47-49,55-57,66H,5-6,13-23,27-30,54H2,1-3H3. The van der Waals surface area contributed by atoms with E-state index in [0.29, 0.717) is 74.5 Å². The van der Waals surface area contributed by atoms with Crippen LogP contribution in [0.2, 0.25) is 0 Å². The number of anilines is 1. The van der Waals surface area contributed by atoms with Crippen molar-refractivity contribution in [2.24, 2.45) is 5.73 Å². The fourth-order valence-electron chi connectivity index (χ4n) is 10.5. The van der Waals surface area contributed by atoms with Crippen LogP contribution in [0, 0.1) is 0 Å². The van der Waals surface area contributed by atoms with Gasteiger partial charge in [0.15, 0.2) is 0 Å². The minimum atomic E-state index is -2.69. The molecule has 14 nitrogen and oxygen atoms in total. The highest BCUT2D eigenvalue weighted by Crippen LogP contribution is 2.40. The van der Waals surface area contributed by atoms with Crippen molar-refractivity contribution >= 4 is 51.6 Å². The Balaban J connectivity index is 0.876. The number of amides is 3. The lowest BCUT2D eigenvalue weighted by atomic mass is 9.90. The molecule has 0 spiro atoms. The van der Waals surface area contributed by atoms with Crippen LogP contribution in [0.3, 0.4) is 0 Å². The summed E-state index contributed by atoms with van der Waals surface area (Å²) in [4.78, 5) is 46.2. The van der Waals surface area contributed by atoms with Gasteiger partial charge in [0.05, 0.1) is 29.8 Å². The van der Waals surface area contributed by atoms with Gasteiger partial charge >= 0.3 is 0 Å². The van der Waals surface area contributed by atoms with E-state index < -0.39 is 10.5 Å². The first-order chi connectivity index (χ1) is 32.3. The normalized spacial score (nSPS) is 20.6. The zero-order chi connectivity index (χ0) is 47.4. The van der Waals surface area contributed by atoms with E-state index >= 15 is 0 Å². The number of likely N-dealkylation sites (N-methyl/N-ethyl adjacent to an activating group) is 1. The fourth-order valence-corrected chi connectivity index (χ4v) is 11.0. The minimum Gasteiger partial charge on any atom is -0.493 e. The Morgan fingerprint density at radius 2 is 1.75 bits per heavy atom. The highest BCUT2D eigenvalue weighted by atomic mass is 127. The average Bonchev–Trinajstić information content (AvgIpc) is 3.66. The summed E-state index contributed by atoms with van der Waals surface area (Å²) in [5, 5.41) is 21.1. The van der Waals surface area contributed by atoms with Gasteiger partial charge in [-0.2, -0.15) is 0 Å². The molecule has 5 heterocycles. The summed E-state index contributed by atoms with van der Waals surface area (Å²) in [5.41, 5.74) is 15.2. The predicted molar refractivity (Wildman–Crippen MR) is 263 cm³/mol. The summed E-state index contributed by atoms with van der Waals surface area (Å²) < 4.78 is 35.4. The summed E-state index contributed by atoms with van der Waals surface area (Å²) in [7, 11) is 3.65. The SMILES string of the molecule is CNC=C(c1cc2c(cc1C(F)F)N(C(NC)C1=C(NC3CCN(Cc4ccc(CCOc5cccc6c5CN(C5CCC(=O)N(O)C5)C6=O)cc4)CC3)CCN(C(C)=O)C1)CCC2)C(N)I. The number of piperidine rings is 2. The Hall–Kier alpha value is -4.82. The number of nitrogens with one attached hydrogen (secondary N) is 3. The first-order valence-corrected chi connectivity index (χ1v) is 24.8. The number of hydroxylamine groups is 2. The van der Waals surface area contributed by atoms with E-state index in [1.165, 1.54) is 5.56 Å². The van der Waals surface area contributed by atoms with Crippen LogP contribution in [0.15, 0.2) is 72.1 Å². The van der Waals surface area contributed by atoms with Crippen LogP contribution in [-0.2, 0) is 35.5 Å². The van der Waals surface area contributed by atoms with Gasteiger partial charge in [-0.1, -0.05) is 52.9 Å². The van der Waals surface area contributed by atoms with Gasteiger partial charge in [-0.15, -0.1) is 0 Å². The summed E-state index contributed by atoms with van der Waals surface area (Å²) in [6.45, 7) is 7.06. The van der Waals surface area contributed by atoms with Gasteiger partial charge in [0, 0.05) is 124 Å². The summed E-state index contributed by atoms with van der Waals surface area (Å²) in [6, 6.07) is 17.8. The number of rotatable bonds is 16. The number of benzene rings is 3. The molecule has 0 aromatic heterocycles. The number of alkyl halides is 3. The molecule has 17 heteroatoms. The Morgan fingerprint density at radius 1 is 0.985 bits per heavy atom. The van der Waals surface area contributed by atoms with Crippen LogP contribution in [0.25, 0.3) is 5.57 Å². The lowest BCUT2D eigenvalue weighted by Crippen LogP contribution is -2.53. The van der Waals surface area contributed by atoms with Gasteiger partial charge in [0.2, 0.25) is 11.8 Å². The molecule has 67 heavy (non-hydrogen) atoms. The average molecular weight is 1040 g/mol.